The molecule has 21 heavy (non-hydrogen) atoms. The van der Waals surface area contributed by atoms with Gasteiger partial charge < -0.3 is 10.0 Å². The van der Waals surface area contributed by atoms with Crippen molar-refractivity contribution in [3.8, 4) is 11.8 Å². The van der Waals surface area contributed by atoms with E-state index in [0.29, 0.717) is 16.7 Å². The average molecular weight is 280 g/mol. The normalized spacial score (nSPS) is 11.5. The van der Waals surface area contributed by atoms with Crippen molar-refractivity contribution in [1.82, 2.24) is 4.90 Å². The molecule has 2 aromatic rings. The first-order valence-electron chi connectivity index (χ1n) is 6.60. The summed E-state index contributed by atoms with van der Waals surface area (Å²) < 4.78 is 0. The van der Waals surface area contributed by atoms with Gasteiger partial charge in [-0.1, -0.05) is 18.2 Å². The molecule has 1 atom stereocenters. The highest BCUT2D eigenvalue weighted by molar-refractivity contribution is 5.94. The van der Waals surface area contributed by atoms with E-state index in [-0.39, 0.29) is 17.7 Å². The quantitative estimate of drug-likeness (QED) is 0.939. The van der Waals surface area contributed by atoms with Crippen molar-refractivity contribution in [3.63, 3.8) is 0 Å². The van der Waals surface area contributed by atoms with Crippen LogP contribution in [0.3, 0.4) is 0 Å². The van der Waals surface area contributed by atoms with Crippen molar-refractivity contribution in [2.45, 2.75) is 13.0 Å². The number of para-hydroxylation sites is 1. The third-order valence-electron chi connectivity index (χ3n) is 3.55. The highest BCUT2D eigenvalue weighted by Gasteiger charge is 2.20. The van der Waals surface area contributed by atoms with Gasteiger partial charge >= 0.3 is 0 Å². The van der Waals surface area contributed by atoms with Gasteiger partial charge in [-0.05, 0) is 37.3 Å². The van der Waals surface area contributed by atoms with Gasteiger partial charge in [0.1, 0.15) is 5.75 Å². The molecule has 0 aliphatic carbocycles. The number of carbonyl (C=O) groups is 1. The van der Waals surface area contributed by atoms with Crippen LogP contribution in [-0.2, 0) is 0 Å². The van der Waals surface area contributed by atoms with E-state index in [9.17, 15) is 9.90 Å². The molecule has 1 unspecified atom stereocenters. The van der Waals surface area contributed by atoms with Crippen LogP contribution >= 0.6 is 0 Å². The van der Waals surface area contributed by atoms with E-state index in [4.69, 9.17) is 5.26 Å². The van der Waals surface area contributed by atoms with E-state index >= 15 is 0 Å². The average Bonchev–Trinajstić information content (AvgIpc) is 2.53. The fourth-order valence-corrected chi connectivity index (χ4v) is 2.12. The largest absolute Gasteiger partial charge is 0.508 e. The molecule has 0 aromatic heterocycles. The van der Waals surface area contributed by atoms with E-state index in [1.807, 2.05) is 19.1 Å². The number of phenols is 1. The Labute approximate surface area is 123 Å². The Morgan fingerprint density at radius 2 is 1.81 bits per heavy atom. The summed E-state index contributed by atoms with van der Waals surface area (Å²) >= 11 is 0. The Bertz CT molecular complexity index is 687. The zero-order valence-corrected chi connectivity index (χ0v) is 11.9. The number of benzene rings is 2. The number of hydrogen-bond acceptors (Lipinski definition) is 3. The maximum Gasteiger partial charge on any atom is 0.254 e. The van der Waals surface area contributed by atoms with Gasteiger partial charge in [-0.2, -0.15) is 5.26 Å². The van der Waals surface area contributed by atoms with E-state index in [1.165, 1.54) is 0 Å². The fraction of sp³-hybridized carbons (Fsp3) is 0.176. The van der Waals surface area contributed by atoms with E-state index in [0.717, 1.165) is 0 Å². The first-order valence-corrected chi connectivity index (χ1v) is 6.60. The molecule has 0 saturated heterocycles. The van der Waals surface area contributed by atoms with Crippen LogP contribution in [0.4, 0.5) is 0 Å². The number of phenolic OH excluding ortho intramolecular Hbond substituents is 1. The van der Waals surface area contributed by atoms with Crippen LogP contribution in [0.2, 0.25) is 0 Å². The molecule has 2 aromatic carbocycles. The monoisotopic (exact) mass is 280 g/mol. The fourth-order valence-electron chi connectivity index (χ4n) is 2.12. The standard InChI is InChI=1S/C17H16N2O2/c1-12(15-5-3-4-6-16(15)20)19(2)17(21)14-9-7-13(11-18)8-10-14/h3-10,12,20H,1-2H3. The lowest BCUT2D eigenvalue weighted by Crippen LogP contribution is -2.29. The van der Waals surface area contributed by atoms with Gasteiger partial charge in [-0.25, -0.2) is 0 Å². The summed E-state index contributed by atoms with van der Waals surface area (Å²) in [5.41, 5.74) is 1.73. The Balaban J connectivity index is 2.22. The predicted molar refractivity (Wildman–Crippen MR) is 79.8 cm³/mol. The Hall–Kier alpha value is -2.80. The van der Waals surface area contributed by atoms with Crippen LogP contribution in [0.25, 0.3) is 0 Å². The number of amides is 1. The summed E-state index contributed by atoms with van der Waals surface area (Å²) in [6, 6.07) is 15.2. The topological polar surface area (TPSA) is 64.3 Å². The van der Waals surface area contributed by atoms with Gasteiger partial charge in [-0.15, -0.1) is 0 Å². The predicted octanol–water partition coefficient (Wildman–Crippen LogP) is 3.10. The molecule has 0 aliphatic rings. The van der Waals surface area contributed by atoms with E-state index in [2.05, 4.69) is 0 Å². The lowest BCUT2D eigenvalue weighted by atomic mass is 10.0. The number of nitrogens with zero attached hydrogens (tertiary/aromatic N) is 2. The third-order valence-corrected chi connectivity index (χ3v) is 3.55. The number of carbonyl (C=O) groups excluding carboxylic acids is 1. The summed E-state index contributed by atoms with van der Waals surface area (Å²) in [5, 5.41) is 18.6. The van der Waals surface area contributed by atoms with Crippen molar-refractivity contribution < 1.29 is 9.90 Å². The molecule has 4 nitrogen and oxygen atoms in total. The van der Waals surface area contributed by atoms with Gasteiger partial charge in [0.25, 0.3) is 5.91 Å². The Morgan fingerprint density at radius 1 is 1.19 bits per heavy atom. The molecule has 0 heterocycles. The second-order valence-electron chi connectivity index (χ2n) is 4.84. The molecule has 0 fully saturated rings. The molecule has 106 valence electrons. The summed E-state index contributed by atoms with van der Waals surface area (Å²) in [4.78, 5) is 14.0. The minimum absolute atomic E-state index is 0.157. The highest BCUT2D eigenvalue weighted by atomic mass is 16.3. The molecule has 0 bridgehead atoms. The molecule has 0 radical (unpaired) electrons. The van der Waals surface area contributed by atoms with Crippen molar-refractivity contribution in [1.29, 1.82) is 5.26 Å². The van der Waals surface area contributed by atoms with Crippen LogP contribution in [0, 0.1) is 11.3 Å². The van der Waals surface area contributed by atoms with Crippen molar-refractivity contribution in [2.75, 3.05) is 7.05 Å². The number of hydrogen-bond donors (Lipinski definition) is 1. The number of rotatable bonds is 3. The molecule has 0 saturated carbocycles. The van der Waals surface area contributed by atoms with Crippen molar-refractivity contribution in [3.05, 3.63) is 65.2 Å². The molecule has 2 rings (SSSR count). The second-order valence-corrected chi connectivity index (χ2v) is 4.84. The van der Waals surface area contributed by atoms with Gasteiger partial charge in [0.2, 0.25) is 0 Å². The Morgan fingerprint density at radius 3 is 2.38 bits per heavy atom. The molecule has 4 heteroatoms. The first kappa shape index (κ1) is 14.6. The number of aromatic hydroxyl groups is 1. The summed E-state index contributed by atoms with van der Waals surface area (Å²) in [5.74, 6) is 0.0136. The zero-order valence-electron chi connectivity index (χ0n) is 11.9. The van der Waals surface area contributed by atoms with Crippen LogP contribution in [0.1, 0.15) is 34.5 Å². The van der Waals surface area contributed by atoms with Gasteiger partial charge in [0, 0.05) is 18.2 Å². The summed E-state index contributed by atoms with van der Waals surface area (Å²) in [6.07, 6.45) is 0. The van der Waals surface area contributed by atoms with Gasteiger partial charge in [-0.3, -0.25) is 4.79 Å². The van der Waals surface area contributed by atoms with E-state index in [1.54, 1.807) is 54.4 Å². The molecule has 1 amide bonds. The zero-order chi connectivity index (χ0) is 15.4. The maximum atomic E-state index is 12.4. The number of nitriles is 1. The molecule has 0 aliphatic heterocycles. The minimum Gasteiger partial charge on any atom is -0.508 e. The molecule has 1 N–H and O–H groups in total. The summed E-state index contributed by atoms with van der Waals surface area (Å²) in [6.45, 7) is 1.86. The van der Waals surface area contributed by atoms with Gasteiger partial charge in [0.05, 0.1) is 17.7 Å². The van der Waals surface area contributed by atoms with Crippen LogP contribution in [0.5, 0.6) is 5.75 Å². The highest BCUT2D eigenvalue weighted by Crippen LogP contribution is 2.28. The lowest BCUT2D eigenvalue weighted by molar-refractivity contribution is 0.0741. The molecular formula is C17H16N2O2. The molecular weight excluding hydrogens is 264 g/mol. The lowest BCUT2D eigenvalue weighted by Gasteiger charge is -2.26. The van der Waals surface area contributed by atoms with Crippen LogP contribution in [0.15, 0.2) is 48.5 Å². The van der Waals surface area contributed by atoms with Crippen molar-refractivity contribution >= 4 is 5.91 Å². The van der Waals surface area contributed by atoms with Gasteiger partial charge in [0.15, 0.2) is 0 Å². The smallest absolute Gasteiger partial charge is 0.254 e. The Kier molecular flexibility index (Phi) is 4.24. The minimum atomic E-state index is -0.255. The second kappa shape index (κ2) is 6.10. The first-order chi connectivity index (χ1) is 10.0. The maximum absolute atomic E-state index is 12.4. The van der Waals surface area contributed by atoms with Crippen LogP contribution in [-0.4, -0.2) is 23.0 Å². The third kappa shape index (κ3) is 3.03. The molecule has 0 spiro atoms. The summed E-state index contributed by atoms with van der Waals surface area (Å²) in [7, 11) is 1.69. The van der Waals surface area contributed by atoms with Crippen LogP contribution < -0.4 is 0 Å². The van der Waals surface area contributed by atoms with Crippen molar-refractivity contribution in [2.24, 2.45) is 0 Å². The van der Waals surface area contributed by atoms with E-state index < -0.39 is 0 Å². The SMILES string of the molecule is CC(c1ccccc1O)N(C)C(=O)c1ccc(C#N)cc1.